The second kappa shape index (κ2) is 8.31. The summed E-state index contributed by atoms with van der Waals surface area (Å²) >= 11 is 5.22. The van der Waals surface area contributed by atoms with E-state index in [4.69, 9.17) is 21.4 Å². The smallest absolute Gasteiger partial charge is 0.340 e. The van der Waals surface area contributed by atoms with Crippen molar-refractivity contribution in [3.05, 3.63) is 39.2 Å². The number of esters is 1. The molecule has 0 atom stereocenters. The molecule has 1 aromatic carbocycles. The van der Waals surface area contributed by atoms with Crippen LogP contribution in [0.2, 0.25) is 0 Å². The lowest BCUT2D eigenvalue weighted by atomic mass is 9.99. The number of carbonyl (C=O) groups excluding carboxylic acids is 1. The number of carbonyl (C=O) groups is 1. The molecule has 0 fully saturated rings. The van der Waals surface area contributed by atoms with Gasteiger partial charge < -0.3 is 18.8 Å². The first kappa shape index (κ1) is 19.9. The molecule has 0 aliphatic heterocycles. The Morgan fingerprint density at radius 2 is 1.96 bits per heavy atom. The van der Waals surface area contributed by atoms with Crippen LogP contribution in [0.5, 0.6) is 5.75 Å². The number of benzene rings is 1. The first-order chi connectivity index (χ1) is 12.3. The Labute approximate surface area is 157 Å². The lowest BCUT2D eigenvalue weighted by Gasteiger charge is -2.18. The van der Waals surface area contributed by atoms with Crippen molar-refractivity contribution in [2.24, 2.45) is 0 Å². The van der Waals surface area contributed by atoms with Crippen molar-refractivity contribution >= 4 is 34.3 Å². The summed E-state index contributed by atoms with van der Waals surface area (Å²) in [6.07, 6.45) is 1.39. The van der Waals surface area contributed by atoms with Crippen LogP contribution in [0.4, 0.5) is 0 Å². The Hall–Kier alpha value is -2.41. The van der Waals surface area contributed by atoms with E-state index in [1.54, 1.807) is 25.9 Å². The summed E-state index contributed by atoms with van der Waals surface area (Å²) in [5, 5.41) is 1.10. The number of rotatable bonds is 5. The van der Waals surface area contributed by atoms with Gasteiger partial charge in [0.1, 0.15) is 11.3 Å². The van der Waals surface area contributed by atoms with Crippen molar-refractivity contribution < 1.29 is 18.7 Å². The quantitative estimate of drug-likeness (QED) is 0.451. The van der Waals surface area contributed by atoms with Gasteiger partial charge in [0, 0.05) is 25.0 Å². The van der Waals surface area contributed by atoms with Gasteiger partial charge in [-0.3, -0.25) is 4.79 Å². The zero-order chi connectivity index (χ0) is 19.4. The number of thiocarbonyl (C=S) groups is 1. The molecule has 0 spiro atoms. The highest BCUT2D eigenvalue weighted by Gasteiger charge is 2.19. The standard InChI is InChI=1S/C19H23NO5S/c1-6-7-13-15(24-19(26)20(3)4)9-8-12-11(2)14(10-16(21)23-5)18(22)25-17(12)13/h8-9H,6-7,10H2,1-5H3. The van der Waals surface area contributed by atoms with Crippen LogP contribution in [0.15, 0.2) is 21.3 Å². The van der Waals surface area contributed by atoms with E-state index in [0.29, 0.717) is 34.1 Å². The second-order valence-electron chi connectivity index (χ2n) is 6.18. The van der Waals surface area contributed by atoms with E-state index in [1.807, 2.05) is 19.1 Å². The molecule has 1 aromatic heterocycles. The third-order valence-electron chi connectivity index (χ3n) is 4.13. The molecule has 26 heavy (non-hydrogen) atoms. The summed E-state index contributed by atoms with van der Waals surface area (Å²) in [7, 11) is 4.88. The molecular formula is C19H23NO5S. The van der Waals surface area contributed by atoms with Crippen LogP contribution in [0, 0.1) is 6.92 Å². The van der Waals surface area contributed by atoms with Gasteiger partial charge in [0.15, 0.2) is 0 Å². The number of fused-ring (bicyclic) bond motifs is 1. The van der Waals surface area contributed by atoms with Crippen LogP contribution in [0.1, 0.15) is 30.0 Å². The highest BCUT2D eigenvalue weighted by molar-refractivity contribution is 7.80. The molecule has 0 radical (unpaired) electrons. The molecule has 0 aliphatic rings. The largest absolute Gasteiger partial charge is 0.469 e. The highest BCUT2D eigenvalue weighted by Crippen LogP contribution is 2.31. The predicted molar refractivity (Wildman–Crippen MR) is 104 cm³/mol. The number of ether oxygens (including phenoxy) is 2. The van der Waals surface area contributed by atoms with Crippen molar-refractivity contribution in [2.75, 3.05) is 21.2 Å². The third kappa shape index (κ3) is 4.04. The minimum atomic E-state index is -0.537. The van der Waals surface area contributed by atoms with E-state index in [0.717, 1.165) is 17.4 Å². The van der Waals surface area contributed by atoms with Crippen molar-refractivity contribution in [3.8, 4) is 5.75 Å². The Balaban J connectivity index is 2.65. The van der Waals surface area contributed by atoms with Gasteiger partial charge in [-0.15, -0.1) is 0 Å². The molecule has 140 valence electrons. The van der Waals surface area contributed by atoms with Gasteiger partial charge in [0.05, 0.1) is 19.1 Å². The molecule has 1 heterocycles. The number of methoxy groups -OCH3 is 1. The zero-order valence-corrected chi connectivity index (χ0v) is 16.5. The van der Waals surface area contributed by atoms with Crippen LogP contribution in [-0.2, 0) is 22.4 Å². The summed E-state index contributed by atoms with van der Waals surface area (Å²) in [6.45, 7) is 3.84. The average Bonchev–Trinajstić information content (AvgIpc) is 2.60. The van der Waals surface area contributed by atoms with Gasteiger partial charge in [-0.1, -0.05) is 13.3 Å². The zero-order valence-electron chi connectivity index (χ0n) is 15.7. The first-order valence-electron chi connectivity index (χ1n) is 8.34. The average molecular weight is 377 g/mol. The molecule has 0 saturated heterocycles. The van der Waals surface area contributed by atoms with E-state index in [9.17, 15) is 9.59 Å². The van der Waals surface area contributed by atoms with Crippen molar-refractivity contribution in [1.29, 1.82) is 0 Å². The fourth-order valence-corrected chi connectivity index (χ4v) is 2.77. The minimum Gasteiger partial charge on any atom is -0.469 e. The van der Waals surface area contributed by atoms with Crippen molar-refractivity contribution in [2.45, 2.75) is 33.1 Å². The molecule has 0 bridgehead atoms. The third-order valence-corrected chi connectivity index (χ3v) is 4.58. The maximum Gasteiger partial charge on any atom is 0.340 e. The summed E-state index contributed by atoms with van der Waals surface area (Å²) < 4.78 is 16.0. The number of nitrogens with zero attached hydrogens (tertiary/aromatic N) is 1. The van der Waals surface area contributed by atoms with E-state index >= 15 is 0 Å². The van der Waals surface area contributed by atoms with E-state index < -0.39 is 11.6 Å². The van der Waals surface area contributed by atoms with Crippen LogP contribution in [0.3, 0.4) is 0 Å². The maximum atomic E-state index is 12.5. The predicted octanol–water partition coefficient (Wildman–Crippen LogP) is 2.99. The summed E-state index contributed by atoms with van der Waals surface area (Å²) in [4.78, 5) is 25.7. The molecule has 6 nitrogen and oxygen atoms in total. The lowest BCUT2D eigenvalue weighted by molar-refractivity contribution is -0.139. The van der Waals surface area contributed by atoms with E-state index in [-0.39, 0.29) is 6.42 Å². The Morgan fingerprint density at radius 3 is 2.54 bits per heavy atom. The van der Waals surface area contributed by atoms with Crippen molar-refractivity contribution in [3.63, 3.8) is 0 Å². The number of aryl methyl sites for hydroxylation is 2. The lowest BCUT2D eigenvalue weighted by Crippen LogP contribution is -2.25. The molecule has 2 rings (SSSR count). The van der Waals surface area contributed by atoms with Gasteiger partial charge in [0.25, 0.3) is 5.17 Å². The van der Waals surface area contributed by atoms with E-state index in [2.05, 4.69) is 4.74 Å². The fraction of sp³-hybridized carbons (Fsp3) is 0.421. The van der Waals surface area contributed by atoms with Crippen molar-refractivity contribution in [1.82, 2.24) is 4.90 Å². The van der Waals surface area contributed by atoms with Gasteiger partial charge >= 0.3 is 11.6 Å². The number of hydrogen-bond donors (Lipinski definition) is 0. The van der Waals surface area contributed by atoms with Crippen LogP contribution >= 0.6 is 12.2 Å². The second-order valence-corrected chi connectivity index (χ2v) is 6.53. The molecule has 7 heteroatoms. The molecule has 0 saturated carbocycles. The van der Waals surface area contributed by atoms with Crippen LogP contribution < -0.4 is 10.4 Å². The Morgan fingerprint density at radius 1 is 1.27 bits per heavy atom. The summed E-state index contributed by atoms with van der Waals surface area (Å²) in [5.41, 5.74) is 1.75. The molecule has 0 N–H and O–H groups in total. The van der Waals surface area contributed by atoms with Crippen LogP contribution in [0.25, 0.3) is 11.0 Å². The van der Waals surface area contributed by atoms with Gasteiger partial charge in [-0.2, -0.15) is 0 Å². The fourth-order valence-electron chi connectivity index (χ4n) is 2.68. The maximum absolute atomic E-state index is 12.5. The first-order valence-corrected chi connectivity index (χ1v) is 8.75. The molecule has 0 aliphatic carbocycles. The van der Waals surface area contributed by atoms with E-state index in [1.165, 1.54) is 7.11 Å². The molecule has 2 aromatic rings. The Kier molecular flexibility index (Phi) is 6.37. The van der Waals surface area contributed by atoms with Gasteiger partial charge in [-0.25, -0.2) is 4.79 Å². The van der Waals surface area contributed by atoms with Crippen LogP contribution in [-0.4, -0.2) is 37.2 Å². The molecule has 0 unspecified atom stereocenters. The highest BCUT2D eigenvalue weighted by atomic mass is 32.1. The minimum absolute atomic E-state index is 0.118. The monoisotopic (exact) mass is 377 g/mol. The summed E-state index contributed by atoms with van der Waals surface area (Å²) in [5.74, 6) is 0.0890. The normalized spacial score (nSPS) is 10.7. The van der Waals surface area contributed by atoms with Gasteiger partial charge in [-0.05, 0) is 43.3 Å². The molecular weight excluding hydrogens is 354 g/mol. The summed E-state index contributed by atoms with van der Waals surface area (Å²) in [6, 6.07) is 3.64. The Bertz CT molecular complexity index is 901. The molecule has 0 amide bonds. The topological polar surface area (TPSA) is 69.0 Å². The SMILES string of the molecule is CCCc1c(OC(=S)N(C)C)ccc2c(C)c(CC(=O)OC)c(=O)oc12. The number of hydrogen-bond acceptors (Lipinski definition) is 6. The van der Waals surface area contributed by atoms with Gasteiger partial charge in [0.2, 0.25) is 0 Å².